The number of carbonyl (C=O) groups excluding carboxylic acids is 1. The normalized spacial score (nSPS) is 12.0. The van der Waals surface area contributed by atoms with Gasteiger partial charge in [-0.15, -0.1) is 11.8 Å². The van der Waals surface area contributed by atoms with Crippen LogP contribution in [0.4, 0.5) is 0 Å². The first kappa shape index (κ1) is 19.2. The number of aryl methyl sites for hydroxylation is 2. The van der Waals surface area contributed by atoms with E-state index in [2.05, 4.69) is 15.4 Å². The van der Waals surface area contributed by atoms with E-state index in [1.807, 2.05) is 74.0 Å². The molecule has 2 aromatic heterocycles. The average Bonchev–Trinajstić information content (AvgIpc) is 2.98. The second-order valence-corrected chi connectivity index (χ2v) is 7.63. The van der Waals surface area contributed by atoms with Crippen LogP contribution in [-0.4, -0.2) is 26.7 Å². The summed E-state index contributed by atoms with van der Waals surface area (Å²) >= 11 is 1.68. The van der Waals surface area contributed by atoms with Crippen LogP contribution in [0.5, 0.6) is 0 Å². The lowest BCUT2D eigenvalue weighted by Gasteiger charge is -2.15. The summed E-state index contributed by atoms with van der Waals surface area (Å²) in [6.45, 7) is 6.65. The van der Waals surface area contributed by atoms with Gasteiger partial charge in [0.05, 0.1) is 17.3 Å². The number of benzene rings is 1. The molecule has 6 heteroatoms. The maximum absolute atomic E-state index is 12.5. The molecule has 0 fully saturated rings. The molecule has 5 nitrogen and oxygen atoms in total. The molecular formula is C21H24N4OS. The van der Waals surface area contributed by atoms with Crippen LogP contribution in [0, 0.1) is 13.8 Å². The average molecular weight is 381 g/mol. The first-order valence-electron chi connectivity index (χ1n) is 8.96. The molecule has 1 unspecified atom stereocenters. The summed E-state index contributed by atoms with van der Waals surface area (Å²) in [5, 5.41) is 8.49. The predicted molar refractivity (Wildman–Crippen MR) is 109 cm³/mol. The highest BCUT2D eigenvalue weighted by atomic mass is 32.2. The Morgan fingerprint density at radius 1 is 1.19 bits per heavy atom. The molecule has 0 spiro atoms. The number of thioether (sulfide) groups is 1. The molecule has 0 saturated heterocycles. The van der Waals surface area contributed by atoms with Crippen LogP contribution >= 0.6 is 11.8 Å². The Labute approximate surface area is 164 Å². The molecule has 1 atom stereocenters. The van der Waals surface area contributed by atoms with Gasteiger partial charge in [0.15, 0.2) is 0 Å². The van der Waals surface area contributed by atoms with Crippen LogP contribution in [-0.2, 0) is 12.3 Å². The summed E-state index contributed by atoms with van der Waals surface area (Å²) < 4.78 is 1.93. The monoisotopic (exact) mass is 380 g/mol. The quantitative estimate of drug-likeness (QED) is 0.629. The Morgan fingerprint density at radius 3 is 2.59 bits per heavy atom. The van der Waals surface area contributed by atoms with E-state index in [1.165, 1.54) is 0 Å². The van der Waals surface area contributed by atoms with Crippen molar-refractivity contribution in [1.82, 2.24) is 20.1 Å². The third-order valence-electron chi connectivity index (χ3n) is 4.17. The minimum Gasteiger partial charge on any atom is -0.348 e. The number of nitrogens with one attached hydrogen (secondary N) is 1. The Bertz CT molecular complexity index is 890. The number of amides is 1. The number of hydrogen-bond donors (Lipinski definition) is 1. The molecule has 27 heavy (non-hydrogen) atoms. The third kappa shape index (κ3) is 5.44. The fourth-order valence-electron chi connectivity index (χ4n) is 2.81. The van der Waals surface area contributed by atoms with Gasteiger partial charge in [0.1, 0.15) is 0 Å². The maximum Gasteiger partial charge on any atom is 0.251 e. The lowest BCUT2D eigenvalue weighted by atomic mass is 10.1. The zero-order valence-electron chi connectivity index (χ0n) is 15.8. The minimum atomic E-state index is -0.0621. The summed E-state index contributed by atoms with van der Waals surface area (Å²) in [7, 11) is 0. The molecule has 0 aliphatic carbocycles. The topological polar surface area (TPSA) is 59.8 Å². The number of rotatable bonds is 7. The Balaban J connectivity index is 1.53. The van der Waals surface area contributed by atoms with E-state index in [-0.39, 0.29) is 11.9 Å². The van der Waals surface area contributed by atoms with Gasteiger partial charge < -0.3 is 5.32 Å². The van der Waals surface area contributed by atoms with Gasteiger partial charge in [-0.1, -0.05) is 18.2 Å². The summed E-state index contributed by atoms with van der Waals surface area (Å²) in [6, 6.07) is 15.7. The Morgan fingerprint density at radius 2 is 1.96 bits per heavy atom. The van der Waals surface area contributed by atoms with E-state index >= 15 is 0 Å². The van der Waals surface area contributed by atoms with E-state index < -0.39 is 0 Å². The standard InChI is InChI=1S/C21H24N4OS/c1-15-12-17(3)25(24-15)13-16(2)23-21(26)19-9-7-18(8-10-19)14-27-20-6-4-5-11-22-20/h4-12,16H,13-14H2,1-3H3,(H,23,26). The highest BCUT2D eigenvalue weighted by Crippen LogP contribution is 2.20. The smallest absolute Gasteiger partial charge is 0.251 e. The van der Waals surface area contributed by atoms with E-state index in [4.69, 9.17) is 0 Å². The van der Waals surface area contributed by atoms with Crippen molar-refractivity contribution in [3.63, 3.8) is 0 Å². The lowest BCUT2D eigenvalue weighted by Crippen LogP contribution is -2.36. The van der Waals surface area contributed by atoms with Crippen LogP contribution in [0.25, 0.3) is 0 Å². The van der Waals surface area contributed by atoms with Gasteiger partial charge in [0.25, 0.3) is 5.91 Å². The van der Waals surface area contributed by atoms with Crippen molar-refractivity contribution < 1.29 is 4.79 Å². The SMILES string of the molecule is Cc1cc(C)n(CC(C)NC(=O)c2ccc(CSc3ccccn3)cc2)n1. The molecule has 1 amide bonds. The summed E-state index contributed by atoms with van der Waals surface area (Å²) in [4.78, 5) is 16.8. The number of hydrogen-bond acceptors (Lipinski definition) is 4. The Hall–Kier alpha value is -2.60. The Kier molecular flexibility index (Phi) is 6.29. The van der Waals surface area contributed by atoms with Gasteiger partial charge in [-0.25, -0.2) is 4.98 Å². The molecule has 2 heterocycles. The maximum atomic E-state index is 12.5. The second kappa shape index (κ2) is 8.86. The van der Waals surface area contributed by atoms with Crippen LogP contribution in [0.15, 0.2) is 59.8 Å². The number of pyridine rings is 1. The van der Waals surface area contributed by atoms with Crippen LogP contribution in [0.2, 0.25) is 0 Å². The molecule has 3 aromatic rings. The lowest BCUT2D eigenvalue weighted by molar-refractivity contribution is 0.0936. The van der Waals surface area contributed by atoms with Crippen molar-refractivity contribution in [2.24, 2.45) is 0 Å². The minimum absolute atomic E-state index is 0.00473. The van der Waals surface area contributed by atoms with E-state index in [1.54, 1.807) is 18.0 Å². The molecule has 0 radical (unpaired) electrons. The number of aromatic nitrogens is 3. The molecular weight excluding hydrogens is 356 g/mol. The van der Waals surface area contributed by atoms with Crippen LogP contribution < -0.4 is 5.32 Å². The molecule has 0 aliphatic heterocycles. The van der Waals surface area contributed by atoms with Gasteiger partial charge in [0.2, 0.25) is 0 Å². The predicted octanol–water partition coefficient (Wildman–Crippen LogP) is 4.01. The van der Waals surface area contributed by atoms with Crippen molar-refractivity contribution >= 4 is 17.7 Å². The van der Waals surface area contributed by atoms with Gasteiger partial charge in [0, 0.05) is 29.2 Å². The molecule has 0 aliphatic rings. The fourth-order valence-corrected chi connectivity index (χ4v) is 3.63. The van der Waals surface area contributed by atoms with Gasteiger partial charge in [-0.3, -0.25) is 9.48 Å². The van der Waals surface area contributed by atoms with E-state index in [0.717, 1.165) is 27.7 Å². The van der Waals surface area contributed by atoms with Crippen molar-refractivity contribution in [3.05, 3.63) is 77.2 Å². The molecule has 0 bridgehead atoms. The van der Waals surface area contributed by atoms with Gasteiger partial charge >= 0.3 is 0 Å². The van der Waals surface area contributed by atoms with Gasteiger partial charge in [-0.2, -0.15) is 5.10 Å². The van der Waals surface area contributed by atoms with E-state index in [0.29, 0.717) is 12.1 Å². The number of nitrogens with zero attached hydrogens (tertiary/aromatic N) is 3. The summed E-state index contributed by atoms with van der Waals surface area (Å²) in [6.07, 6.45) is 1.79. The second-order valence-electron chi connectivity index (χ2n) is 6.64. The largest absolute Gasteiger partial charge is 0.348 e. The molecule has 1 aromatic carbocycles. The highest BCUT2D eigenvalue weighted by molar-refractivity contribution is 7.98. The van der Waals surface area contributed by atoms with Crippen molar-refractivity contribution in [1.29, 1.82) is 0 Å². The van der Waals surface area contributed by atoms with Crippen LogP contribution in [0.1, 0.15) is 34.2 Å². The summed E-state index contributed by atoms with van der Waals surface area (Å²) in [5.41, 5.74) is 3.92. The van der Waals surface area contributed by atoms with Crippen molar-refractivity contribution in [2.45, 2.75) is 44.1 Å². The molecule has 0 saturated carbocycles. The fraction of sp³-hybridized carbons (Fsp3) is 0.286. The molecule has 1 N–H and O–H groups in total. The first-order valence-corrected chi connectivity index (χ1v) is 9.94. The highest BCUT2D eigenvalue weighted by Gasteiger charge is 2.12. The van der Waals surface area contributed by atoms with Crippen molar-refractivity contribution in [2.75, 3.05) is 0 Å². The van der Waals surface area contributed by atoms with E-state index in [9.17, 15) is 4.79 Å². The van der Waals surface area contributed by atoms with Crippen LogP contribution in [0.3, 0.4) is 0 Å². The summed E-state index contributed by atoms with van der Waals surface area (Å²) in [5.74, 6) is 0.765. The number of carbonyl (C=O) groups is 1. The zero-order valence-corrected chi connectivity index (χ0v) is 16.7. The molecule has 3 rings (SSSR count). The van der Waals surface area contributed by atoms with Crippen molar-refractivity contribution in [3.8, 4) is 0 Å². The molecule has 140 valence electrons. The third-order valence-corrected chi connectivity index (χ3v) is 5.18. The van der Waals surface area contributed by atoms with Gasteiger partial charge in [-0.05, 0) is 56.7 Å². The zero-order chi connectivity index (χ0) is 19.2. The first-order chi connectivity index (χ1) is 13.0.